The summed E-state index contributed by atoms with van der Waals surface area (Å²) in [4.78, 5) is 23.0. The van der Waals surface area contributed by atoms with Crippen LogP contribution in [-0.4, -0.2) is 73.4 Å². The number of amides is 1. The van der Waals surface area contributed by atoms with Gasteiger partial charge in [0, 0.05) is 6.42 Å². The number of carbonyl (C=O) groups is 1. The van der Waals surface area contributed by atoms with Crippen molar-refractivity contribution in [3.8, 4) is 0 Å². The molecule has 0 heterocycles. The Morgan fingerprint density at radius 1 is 0.660 bits per heavy atom. The molecule has 3 N–H and O–H groups in total. The van der Waals surface area contributed by atoms with Gasteiger partial charge in [-0.2, -0.15) is 0 Å². The van der Waals surface area contributed by atoms with Gasteiger partial charge in [0.25, 0.3) is 0 Å². The number of hydrogen-bond donors (Lipinski definition) is 3. The number of quaternary nitrogens is 1. The summed E-state index contributed by atoms with van der Waals surface area (Å²) in [6, 6.07) is -0.856. The molecule has 296 valence electrons. The molecule has 0 saturated heterocycles. The van der Waals surface area contributed by atoms with Crippen molar-refractivity contribution < 1.29 is 32.9 Å². The molecule has 0 aromatic carbocycles. The topological polar surface area (TPSA) is 105 Å². The molecular weight excluding hydrogens is 647 g/mol. The smallest absolute Gasteiger partial charge is 0.387 e. The van der Waals surface area contributed by atoms with Crippen LogP contribution in [0.1, 0.15) is 181 Å². The van der Waals surface area contributed by atoms with Gasteiger partial charge in [0.2, 0.25) is 5.91 Å². The van der Waals surface area contributed by atoms with E-state index in [1.165, 1.54) is 122 Å². The fraction of sp³-hybridized carbons (Fsp3) is 0.878. The minimum absolute atomic E-state index is 0.0580. The first-order valence-corrected chi connectivity index (χ1v) is 22.2. The molecular formula is C41H82N2O6P+. The lowest BCUT2D eigenvalue weighted by atomic mass is 10.0. The lowest BCUT2D eigenvalue weighted by Gasteiger charge is -2.25. The van der Waals surface area contributed by atoms with Crippen LogP contribution in [0.15, 0.2) is 24.3 Å². The minimum Gasteiger partial charge on any atom is -0.387 e. The molecule has 0 aliphatic carbocycles. The third-order valence-corrected chi connectivity index (χ3v) is 10.2. The van der Waals surface area contributed by atoms with Crippen LogP contribution in [0.4, 0.5) is 0 Å². The maximum absolute atomic E-state index is 12.8. The number of unbranched alkanes of at least 4 members (excludes halogenated alkanes) is 22. The Labute approximate surface area is 309 Å². The number of hydrogen-bond acceptors (Lipinski definition) is 5. The number of aliphatic hydroxyl groups excluding tert-OH is 1. The maximum atomic E-state index is 12.8. The van der Waals surface area contributed by atoms with Crippen molar-refractivity contribution in [1.29, 1.82) is 0 Å². The van der Waals surface area contributed by atoms with Gasteiger partial charge in [-0.3, -0.25) is 13.8 Å². The van der Waals surface area contributed by atoms with Gasteiger partial charge in [0.1, 0.15) is 13.2 Å². The van der Waals surface area contributed by atoms with E-state index < -0.39 is 20.0 Å². The third-order valence-electron chi connectivity index (χ3n) is 9.17. The van der Waals surface area contributed by atoms with E-state index in [-0.39, 0.29) is 19.1 Å². The molecule has 0 saturated carbocycles. The van der Waals surface area contributed by atoms with Crippen LogP contribution < -0.4 is 5.32 Å². The number of phosphoric acid groups is 1. The number of phosphoric ester groups is 1. The first kappa shape index (κ1) is 49.0. The van der Waals surface area contributed by atoms with E-state index in [2.05, 4.69) is 31.3 Å². The van der Waals surface area contributed by atoms with Gasteiger partial charge in [-0.15, -0.1) is 0 Å². The van der Waals surface area contributed by atoms with E-state index in [1.54, 1.807) is 6.08 Å². The molecule has 0 aliphatic heterocycles. The summed E-state index contributed by atoms with van der Waals surface area (Å²) in [6.45, 7) is 4.78. The summed E-state index contributed by atoms with van der Waals surface area (Å²) in [5, 5.41) is 13.8. The minimum atomic E-state index is -4.34. The van der Waals surface area contributed by atoms with Crippen LogP contribution in [0.5, 0.6) is 0 Å². The second-order valence-electron chi connectivity index (χ2n) is 15.4. The van der Waals surface area contributed by atoms with Crippen LogP contribution in [0.25, 0.3) is 0 Å². The van der Waals surface area contributed by atoms with Gasteiger partial charge in [-0.05, 0) is 32.1 Å². The molecule has 0 aliphatic rings. The normalized spacial score (nSPS) is 14.8. The molecule has 1 amide bonds. The highest BCUT2D eigenvalue weighted by atomic mass is 31.2. The number of rotatable bonds is 37. The number of aliphatic hydroxyl groups is 1. The highest BCUT2D eigenvalue weighted by Gasteiger charge is 2.27. The van der Waals surface area contributed by atoms with Crippen molar-refractivity contribution in [2.24, 2.45) is 0 Å². The number of nitrogens with zero attached hydrogens (tertiary/aromatic N) is 1. The van der Waals surface area contributed by atoms with E-state index in [0.29, 0.717) is 17.4 Å². The SMILES string of the molecule is CCCCCCCCCCC/C=C/CC/C=C/[C@@H](O)[C@H](COP(=O)(O)OCC[N+](C)(C)C)NC(=O)CCCCCCCCCCCCCCC. The lowest BCUT2D eigenvalue weighted by Crippen LogP contribution is -2.45. The molecule has 1 unspecified atom stereocenters. The molecule has 9 heteroatoms. The van der Waals surface area contributed by atoms with E-state index in [9.17, 15) is 19.4 Å². The molecule has 0 rings (SSSR count). The first-order valence-electron chi connectivity index (χ1n) is 20.7. The average Bonchev–Trinajstić information content (AvgIpc) is 3.06. The number of likely N-dealkylation sites (N-methyl/N-ethyl adjacent to an activating group) is 1. The monoisotopic (exact) mass is 730 g/mol. The van der Waals surface area contributed by atoms with E-state index >= 15 is 0 Å². The van der Waals surface area contributed by atoms with Crippen LogP contribution in [-0.2, 0) is 18.4 Å². The number of allylic oxidation sites excluding steroid dienone is 3. The molecule has 0 aromatic rings. The second kappa shape index (κ2) is 33.8. The summed E-state index contributed by atoms with van der Waals surface area (Å²) < 4.78 is 23.5. The maximum Gasteiger partial charge on any atom is 0.472 e. The van der Waals surface area contributed by atoms with Crippen molar-refractivity contribution in [3.05, 3.63) is 24.3 Å². The summed E-state index contributed by atoms with van der Waals surface area (Å²) in [6.07, 6.45) is 38.1. The van der Waals surface area contributed by atoms with Crippen molar-refractivity contribution >= 4 is 13.7 Å². The predicted molar refractivity (Wildman–Crippen MR) is 212 cm³/mol. The van der Waals surface area contributed by atoms with Crippen molar-refractivity contribution in [1.82, 2.24) is 5.32 Å². The van der Waals surface area contributed by atoms with E-state index in [0.717, 1.165) is 38.5 Å². The van der Waals surface area contributed by atoms with Gasteiger partial charge >= 0.3 is 7.82 Å². The molecule has 50 heavy (non-hydrogen) atoms. The number of carbonyl (C=O) groups excluding carboxylic acids is 1. The van der Waals surface area contributed by atoms with Crippen molar-refractivity contribution in [2.75, 3.05) is 40.9 Å². The Kier molecular flexibility index (Phi) is 33.1. The number of nitrogens with one attached hydrogen (secondary N) is 1. The molecule has 0 bridgehead atoms. The zero-order valence-electron chi connectivity index (χ0n) is 33.4. The fourth-order valence-corrected chi connectivity index (χ4v) is 6.56. The van der Waals surface area contributed by atoms with Gasteiger partial charge < -0.3 is 19.8 Å². The van der Waals surface area contributed by atoms with Crippen LogP contribution in [0, 0.1) is 0 Å². The van der Waals surface area contributed by atoms with Gasteiger partial charge in [-0.1, -0.05) is 167 Å². The Bertz CT molecular complexity index is 876. The highest BCUT2D eigenvalue weighted by molar-refractivity contribution is 7.47. The Morgan fingerprint density at radius 3 is 1.60 bits per heavy atom. The highest BCUT2D eigenvalue weighted by Crippen LogP contribution is 2.43. The summed E-state index contributed by atoms with van der Waals surface area (Å²) in [5.41, 5.74) is 0. The van der Waals surface area contributed by atoms with E-state index in [1.807, 2.05) is 27.2 Å². The third kappa shape index (κ3) is 35.4. The molecule has 8 nitrogen and oxygen atoms in total. The zero-order valence-corrected chi connectivity index (χ0v) is 34.3. The first-order chi connectivity index (χ1) is 24.0. The fourth-order valence-electron chi connectivity index (χ4n) is 5.82. The molecule has 0 aromatic heterocycles. The standard InChI is InChI=1S/C41H81N2O6P/c1-6-8-10-12-14-16-18-20-21-23-24-26-28-30-32-34-40(44)39(38-49-50(46,47)48-37-36-43(3,4)5)42-41(45)35-33-31-29-27-25-22-19-17-15-13-11-9-7-2/h24,26,32,34,39-40,44H,6-23,25,27-31,33,35-38H2,1-5H3,(H-,42,45,46,47)/p+1/b26-24+,34-32+/t39-,40+/m0/s1. The Balaban J connectivity index is 4.53. The lowest BCUT2D eigenvalue weighted by molar-refractivity contribution is -0.870. The average molecular weight is 730 g/mol. The second-order valence-corrected chi connectivity index (χ2v) is 16.8. The summed E-state index contributed by atoms with van der Waals surface area (Å²) in [5.74, 6) is -0.188. The quantitative estimate of drug-likeness (QED) is 0.0254. The van der Waals surface area contributed by atoms with Crippen LogP contribution >= 0.6 is 7.82 Å². The van der Waals surface area contributed by atoms with E-state index in [4.69, 9.17) is 9.05 Å². The van der Waals surface area contributed by atoms with Crippen LogP contribution in [0.2, 0.25) is 0 Å². The van der Waals surface area contributed by atoms with Crippen molar-refractivity contribution in [3.63, 3.8) is 0 Å². The van der Waals surface area contributed by atoms with Gasteiger partial charge in [0.05, 0.1) is 39.9 Å². The van der Waals surface area contributed by atoms with Gasteiger partial charge in [-0.25, -0.2) is 4.57 Å². The zero-order chi connectivity index (χ0) is 37.2. The molecule has 0 radical (unpaired) electrons. The van der Waals surface area contributed by atoms with Crippen molar-refractivity contribution in [2.45, 2.75) is 193 Å². The Hall–Kier alpha value is -1.02. The predicted octanol–water partition coefficient (Wildman–Crippen LogP) is 11.0. The van der Waals surface area contributed by atoms with Crippen LogP contribution in [0.3, 0.4) is 0 Å². The summed E-state index contributed by atoms with van der Waals surface area (Å²) in [7, 11) is 1.56. The Morgan fingerprint density at radius 2 is 1.10 bits per heavy atom. The molecule has 0 spiro atoms. The van der Waals surface area contributed by atoms with Gasteiger partial charge in [0.15, 0.2) is 0 Å². The summed E-state index contributed by atoms with van der Waals surface area (Å²) >= 11 is 0. The molecule has 3 atom stereocenters. The molecule has 0 fully saturated rings. The largest absolute Gasteiger partial charge is 0.472 e.